The maximum absolute atomic E-state index is 5.84. The first-order valence-corrected chi connectivity index (χ1v) is 8.67. The predicted octanol–water partition coefficient (Wildman–Crippen LogP) is 3.36. The van der Waals surface area contributed by atoms with Crippen LogP contribution < -0.4 is 11.1 Å². The smallest absolute Gasteiger partial charge is 0.260 e. The molecule has 0 spiro atoms. The van der Waals surface area contributed by atoms with Crippen molar-refractivity contribution in [1.29, 1.82) is 0 Å². The number of anilines is 1. The number of hydrogen-bond donors (Lipinski definition) is 2. The van der Waals surface area contributed by atoms with Crippen LogP contribution in [0.1, 0.15) is 24.8 Å². The molecule has 0 saturated heterocycles. The van der Waals surface area contributed by atoms with Gasteiger partial charge in [0.25, 0.3) is 5.95 Å². The zero-order chi connectivity index (χ0) is 18.4. The molecule has 2 aromatic rings. The lowest BCUT2D eigenvalue weighted by Gasteiger charge is -2.07. The van der Waals surface area contributed by atoms with Crippen LogP contribution in [0.5, 0.6) is 0 Å². The zero-order valence-corrected chi connectivity index (χ0v) is 14.9. The fraction of sp³-hybridized carbons (Fsp3) is 0.300. The number of nitrogen functional groups attached to an aromatic ring is 1. The van der Waals surface area contributed by atoms with Gasteiger partial charge in [0.2, 0.25) is 5.89 Å². The molecule has 1 unspecified atom stereocenters. The summed E-state index contributed by atoms with van der Waals surface area (Å²) in [5.74, 6) is 1.91. The fourth-order valence-electron chi connectivity index (χ4n) is 2.67. The number of ether oxygens (including phenoxy) is 1. The lowest BCUT2D eigenvalue weighted by Crippen LogP contribution is -2.18. The summed E-state index contributed by atoms with van der Waals surface area (Å²) >= 11 is 0. The third-order valence-corrected chi connectivity index (χ3v) is 4.26. The number of hydrogen-bond acceptors (Lipinski definition) is 6. The van der Waals surface area contributed by atoms with Crippen molar-refractivity contribution in [1.82, 2.24) is 15.5 Å². The third kappa shape index (κ3) is 5.07. The van der Waals surface area contributed by atoms with Gasteiger partial charge in [0.05, 0.1) is 6.54 Å². The van der Waals surface area contributed by atoms with E-state index in [-0.39, 0.29) is 5.95 Å². The van der Waals surface area contributed by atoms with Crippen molar-refractivity contribution in [3.8, 4) is 0 Å². The standard InChI is InChI=1S/C20H24N4O2/c1-3-16(25-13-15-7-5-4-6-8-15)10-9-14(2)17-11-18(17)22-12-19-23-20(21)24-26-19/h3-10,17-18,22H,2,11-13H2,1H3,(H2,21,24)/b10-9-,16-3+/t17-,18?/m1/s1. The average Bonchev–Trinajstić information content (AvgIpc) is 3.33. The van der Waals surface area contributed by atoms with E-state index in [9.17, 15) is 0 Å². The van der Waals surface area contributed by atoms with Crippen LogP contribution in [-0.2, 0) is 17.9 Å². The summed E-state index contributed by atoms with van der Waals surface area (Å²) in [6.45, 7) is 7.20. The van der Waals surface area contributed by atoms with E-state index in [0.29, 0.717) is 31.0 Å². The number of rotatable bonds is 9. The van der Waals surface area contributed by atoms with E-state index in [1.54, 1.807) is 0 Å². The molecule has 2 atom stereocenters. The molecule has 3 N–H and O–H groups in total. The summed E-state index contributed by atoms with van der Waals surface area (Å²) in [5, 5.41) is 6.94. The van der Waals surface area contributed by atoms with Crippen LogP contribution >= 0.6 is 0 Å². The fourth-order valence-corrected chi connectivity index (χ4v) is 2.67. The second kappa shape index (κ2) is 8.49. The molecule has 1 fully saturated rings. The Morgan fingerprint density at radius 1 is 1.38 bits per heavy atom. The highest BCUT2D eigenvalue weighted by Crippen LogP contribution is 2.37. The number of allylic oxidation sites excluding steroid dienone is 3. The minimum Gasteiger partial charge on any atom is -0.489 e. The minimum absolute atomic E-state index is 0.163. The first-order valence-electron chi connectivity index (χ1n) is 8.67. The highest BCUT2D eigenvalue weighted by Gasteiger charge is 2.38. The van der Waals surface area contributed by atoms with Gasteiger partial charge >= 0.3 is 0 Å². The molecule has 1 aromatic heterocycles. The molecule has 1 aromatic carbocycles. The van der Waals surface area contributed by atoms with Gasteiger partial charge < -0.3 is 20.3 Å². The number of aromatic nitrogens is 2. The Morgan fingerprint density at radius 3 is 2.88 bits per heavy atom. The van der Waals surface area contributed by atoms with Crippen LogP contribution in [0.4, 0.5) is 5.95 Å². The molecule has 6 nitrogen and oxygen atoms in total. The highest BCUT2D eigenvalue weighted by atomic mass is 16.5. The molecule has 1 heterocycles. The minimum atomic E-state index is 0.163. The summed E-state index contributed by atoms with van der Waals surface area (Å²) in [6, 6.07) is 10.5. The lowest BCUT2D eigenvalue weighted by atomic mass is 10.1. The van der Waals surface area contributed by atoms with Crippen LogP contribution in [-0.4, -0.2) is 16.2 Å². The number of nitrogens with zero attached hydrogens (tertiary/aromatic N) is 2. The van der Waals surface area contributed by atoms with Crippen molar-refractivity contribution in [2.75, 3.05) is 5.73 Å². The second-order valence-electron chi connectivity index (χ2n) is 6.25. The molecular formula is C20H24N4O2. The Labute approximate surface area is 153 Å². The van der Waals surface area contributed by atoms with Gasteiger partial charge in [-0.2, -0.15) is 4.98 Å². The van der Waals surface area contributed by atoms with Gasteiger partial charge in [-0.3, -0.25) is 0 Å². The molecule has 0 radical (unpaired) electrons. The van der Waals surface area contributed by atoms with Gasteiger partial charge in [-0.05, 0) is 36.2 Å². The molecule has 0 bridgehead atoms. The summed E-state index contributed by atoms with van der Waals surface area (Å²) in [5.41, 5.74) is 7.66. The van der Waals surface area contributed by atoms with E-state index in [4.69, 9.17) is 15.0 Å². The first kappa shape index (κ1) is 17.9. The topological polar surface area (TPSA) is 86.2 Å². The molecule has 1 aliphatic carbocycles. The predicted molar refractivity (Wildman–Crippen MR) is 101 cm³/mol. The van der Waals surface area contributed by atoms with Crippen LogP contribution in [0.3, 0.4) is 0 Å². The van der Waals surface area contributed by atoms with Crippen molar-refractivity contribution in [2.24, 2.45) is 5.92 Å². The molecule has 26 heavy (non-hydrogen) atoms. The van der Waals surface area contributed by atoms with Gasteiger partial charge in [0.1, 0.15) is 12.4 Å². The first-order chi connectivity index (χ1) is 12.7. The van der Waals surface area contributed by atoms with Gasteiger partial charge in [0, 0.05) is 12.0 Å². The van der Waals surface area contributed by atoms with E-state index in [1.165, 1.54) is 0 Å². The maximum atomic E-state index is 5.84. The Hall–Kier alpha value is -2.86. The van der Waals surface area contributed by atoms with Crippen molar-refractivity contribution >= 4 is 5.95 Å². The Balaban J connectivity index is 1.42. The van der Waals surface area contributed by atoms with Crippen LogP contribution in [0.25, 0.3) is 0 Å². The maximum Gasteiger partial charge on any atom is 0.260 e. The molecule has 0 amide bonds. The quantitative estimate of drug-likeness (QED) is 0.532. The Bertz CT molecular complexity index is 795. The zero-order valence-electron chi connectivity index (χ0n) is 14.9. The van der Waals surface area contributed by atoms with Crippen LogP contribution in [0.15, 0.2) is 71.0 Å². The third-order valence-electron chi connectivity index (χ3n) is 4.26. The normalized spacial score (nSPS) is 19.7. The number of nitrogens with one attached hydrogen (secondary N) is 1. The average molecular weight is 352 g/mol. The van der Waals surface area contributed by atoms with Crippen LogP contribution in [0, 0.1) is 5.92 Å². The second-order valence-corrected chi connectivity index (χ2v) is 6.25. The Morgan fingerprint density at radius 2 is 2.19 bits per heavy atom. The van der Waals surface area contributed by atoms with E-state index in [2.05, 4.69) is 22.0 Å². The molecule has 136 valence electrons. The van der Waals surface area contributed by atoms with E-state index in [0.717, 1.165) is 23.3 Å². The largest absolute Gasteiger partial charge is 0.489 e. The van der Waals surface area contributed by atoms with Crippen molar-refractivity contribution in [3.05, 3.63) is 77.9 Å². The number of benzene rings is 1. The Kier molecular flexibility index (Phi) is 5.86. The van der Waals surface area contributed by atoms with Gasteiger partial charge in [-0.25, -0.2) is 0 Å². The van der Waals surface area contributed by atoms with Gasteiger partial charge in [-0.15, -0.1) is 0 Å². The summed E-state index contributed by atoms with van der Waals surface area (Å²) in [4.78, 5) is 3.97. The number of nitrogens with two attached hydrogens (primary N) is 1. The summed E-state index contributed by atoms with van der Waals surface area (Å²) < 4.78 is 10.8. The monoisotopic (exact) mass is 352 g/mol. The molecule has 6 heteroatoms. The van der Waals surface area contributed by atoms with E-state index in [1.807, 2.05) is 55.5 Å². The van der Waals surface area contributed by atoms with Crippen LogP contribution in [0.2, 0.25) is 0 Å². The van der Waals surface area contributed by atoms with E-state index < -0.39 is 0 Å². The SMILES string of the molecule is C=C(/C=C\C(=C/C)OCc1ccccc1)[C@H]1CC1NCc1nc(N)no1. The van der Waals surface area contributed by atoms with Gasteiger partial charge in [-0.1, -0.05) is 48.6 Å². The molecule has 0 aliphatic heterocycles. The molecule has 1 saturated carbocycles. The van der Waals surface area contributed by atoms with E-state index >= 15 is 0 Å². The summed E-state index contributed by atoms with van der Waals surface area (Å²) in [6.07, 6.45) is 6.99. The lowest BCUT2D eigenvalue weighted by molar-refractivity contribution is 0.210. The van der Waals surface area contributed by atoms with Crippen molar-refractivity contribution in [2.45, 2.75) is 32.5 Å². The summed E-state index contributed by atoms with van der Waals surface area (Å²) in [7, 11) is 0. The molecule has 3 rings (SSSR count). The molecule has 1 aliphatic rings. The molecular weight excluding hydrogens is 328 g/mol. The van der Waals surface area contributed by atoms with Gasteiger partial charge in [0.15, 0.2) is 0 Å². The highest BCUT2D eigenvalue weighted by molar-refractivity contribution is 5.30. The van der Waals surface area contributed by atoms with Crippen molar-refractivity contribution in [3.63, 3.8) is 0 Å². The van der Waals surface area contributed by atoms with Crippen molar-refractivity contribution < 1.29 is 9.26 Å².